The summed E-state index contributed by atoms with van der Waals surface area (Å²) >= 11 is 1.74. The molecule has 11 aromatic rings. The molecule has 4 heterocycles. The van der Waals surface area contributed by atoms with Gasteiger partial charge in [0.1, 0.15) is 16.8 Å². The number of hydrogen-bond acceptors (Lipinski definition) is 7. The fourth-order valence-corrected chi connectivity index (χ4v) is 8.76. The Kier molecular flexibility index (Phi) is 7.57. The standard InChI is InChI=1S/C49H29N5OS/c1-4-15-30(16-5-1)33-21-12-22-34(29-33)48-50-42-35-23-10-11-27-39(35)55-44(42)43(51-48)38-26-13-24-36-41-37(25-14-28-40(41)56-45(36)38)49-53-46(31-17-6-2-7-18-31)52-47(54-49)32-19-8-3-9-20-32/h1-29H. The lowest BCUT2D eigenvalue weighted by atomic mass is 10.0. The lowest BCUT2D eigenvalue weighted by Gasteiger charge is -2.10. The van der Waals surface area contributed by atoms with Crippen LogP contribution in [0, 0.1) is 0 Å². The van der Waals surface area contributed by atoms with Gasteiger partial charge in [0.2, 0.25) is 0 Å². The summed E-state index contributed by atoms with van der Waals surface area (Å²) in [7, 11) is 0. The van der Waals surface area contributed by atoms with E-state index in [1.54, 1.807) is 11.3 Å². The van der Waals surface area contributed by atoms with Gasteiger partial charge in [0.05, 0.1) is 0 Å². The molecule has 0 bridgehead atoms. The molecule has 0 aliphatic heterocycles. The van der Waals surface area contributed by atoms with Gasteiger partial charge in [0, 0.05) is 53.4 Å². The molecule has 6 nitrogen and oxygen atoms in total. The maximum absolute atomic E-state index is 6.60. The molecule has 0 unspecified atom stereocenters. The maximum atomic E-state index is 6.60. The summed E-state index contributed by atoms with van der Waals surface area (Å²) < 4.78 is 8.82. The second-order valence-electron chi connectivity index (χ2n) is 13.6. The zero-order chi connectivity index (χ0) is 37.0. The first-order valence-electron chi connectivity index (χ1n) is 18.4. The van der Waals surface area contributed by atoms with Gasteiger partial charge in [0.15, 0.2) is 28.9 Å². The van der Waals surface area contributed by atoms with Crippen LogP contribution in [-0.4, -0.2) is 24.9 Å². The van der Waals surface area contributed by atoms with Crippen LogP contribution < -0.4 is 0 Å². The molecule has 262 valence electrons. The highest BCUT2D eigenvalue weighted by atomic mass is 32.1. The zero-order valence-corrected chi connectivity index (χ0v) is 30.6. The van der Waals surface area contributed by atoms with Crippen molar-refractivity contribution in [2.75, 3.05) is 0 Å². The molecule has 0 saturated heterocycles. The average Bonchev–Trinajstić information content (AvgIpc) is 3.86. The highest BCUT2D eigenvalue weighted by Gasteiger charge is 2.23. The Hall–Kier alpha value is -7.35. The second kappa shape index (κ2) is 13.2. The number of rotatable bonds is 6. The number of aromatic nitrogens is 5. The molecule has 0 radical (unpaired) electrons. The minimum atomic E-state index is 0.621. The number of thiophene rings is 1. The Labute approximate surface area is 325 Å². The molecule has 4 aromatic heterocycles. The van der Waals surface area contributed by atoms with Gasteiger partial charge < -0.3 is 4.42 Å². The Morgan fingerprint density at radius 2 is 0.946 bits per heavy atom. The van der Waals surface area contributed by atoms with Crippen molar-refractivity contribution >= 4 is 53.6 Å². The van der Waals surface area contributed by atoms with Gasteiger partial charge in [-0.1, -0.05) is 152 Å². The van der Waals surface area contributed by atoms with Crippen molar-refractivity contribution in [1.29, 1.82) is 0 Å². The number of benzene rings is 7. The number of para-hydroxylation sites is 1. The Bertz CT molecular complexity index is 3190. The highest BCUT2D eigenvalue weighted by Crippen LogP contribution is 2.45. The van der Waals surface area contributed by atoms with E-state index in [-0.39, 0.29) is 0 Å². The fourth-order valence-electron chi connectivity index (χ4n) is 7.52. The van der Waals surface area contributed by atoms with Crippen molar-refractivity contribution in [3.8, 4) is 67.9 Å². The van der Waals surface area contributed by atoms with E-state index < -0.39 is 0 Å². The van der Waals surface area contributed by atoms with Gasteiger partial charge in [-0.25, -0.2) is 24.9 Å². The van der Waals surface area contributed by atoms with Crippen LogP contribution in [0.2, 0.25) is 0 Å². The highest BCUT2D eigenvalue weighted by molar-refractivity contribution is 7.26. The Morgan fingerprint density at radius 1 is 0.393 bits per heavy atom. The molecular weight excluding hydrogens is 707 g/mol. The predicted molar refractivity (Wildman–Crippen MR) is 228 cm³/mol. The second-order valence-corrected chi connectivity index (χ2v) is 14.7. The summed E-state index contributed by atoms with van der Waals surface area (Å²) in [5.74, 6) is 2.52. The van der Waals surface area contributed by atoms with Crippen molar-refractivity contribution in [3.63, 3.8) is 0 Å². The summed E-state index contributed by atoms with van der Waals surface area (Å²) in [6.07, 6.45) is 0. The predicted octanol–water partition coefficient (Wildman–Crippen LogP) is 12.9. The van der Waals surface area contributed by atoms with Crippen molar-refractivity contribution in [3.05, 3.63) is 176 Å². The van der Waals surface area contributed by atoms with E-state index in [0.717, 1.165) is 81.3 Å². The molecule has 11 rings (SSSR count). The molecule has 0 spiro atoms. The largest absolute Gasteiger partial charge is 0.452 e. The van der Waals surface area contributed by atoms with E-state index in [2.05, 4.69) is 91.0 Å². The van der Waals surface area contributed by atoms with Crippen molar-refractivity contribution < 1.29 is 4.42 Å². The molecule has 0 atom stereocenters. The third-order valence-electron chi connectivity index (χ3n) is 10.2. The Balaban J connectivity index is 1.14. The zero-order valence-electron chi connectivity index (χ0n) is 29.8. The molecule has 56 heavy (non-hydrogen) atoms. The summed E-state index contributed by atoms with van der Waals surface area (Å²) in [4.78, 5) is 25.7. The quantitative estimate of drug-likeness (QED) is 0.169. The summed E-state index contributed by atoms with van der Waals surface area (Å²) in [5.41, 5.74) is 9.94. The van der Waals surface area contributed by atoms with E-state index in [1.165, 1.54) is 0 Å². The van der Waals surface area contributed by atoms with Crippen LogP contribution in [-0.2, 0) is 0 Å². The van der Waals surface area contributed by atoms with Gasteiger partial charge in [-0.3, -0.25) is 0 Å². The Morgan fingerprint density at radius 3 is 1.70 bits per heavy atom. The lowest BCUT2D eigenvalue weighted by molar-refractivity contribution is 0.667. The SMILES string of the molecule is c1ccc(-c2cccc(-c3nc(-c4cccc5c4sc4cccc(-c6nc(-c7ccccc7)nc(-c7ccccc7)n6)c45)c4oc5ccccc5c4n3)c2)cc1. The summed E-state index contributed by atoms with van der Waals surface area (Å²) in [6.45, 7) is 0. The maximum Gasteiger partial charge on any atom is 0.180 e. The van der Waals surface area contributed by atoms with Crippen LogP contribution >= 0.6 is 11.3 Å². The molecule has 0 amide bonds. The van der Waals surface area contributed by atoms with E-state index in [9.17, 15) is 0 Å². The van der Waals surface area contributed by atoms with E-state index in [1.807, 2.05) is 84.9 Å². The molecule has 0 N–H and O–H groups in total. The van der Waals surface area contributed by atoms with E-state index in [0.29, 0.717) is 28.9 Å². The van der Waals surface area contributed by atoms with E-state index in [4.69, 9.17) is 29.3 Å². The molecule has 0 aliphatic carbocycles. The lowest BCUT2D eigenvalue weighted by Crippen LogP contribution is -2.00. The smallest absolute Gasteiger partial charge is 0.180 e. The molecule has 7 aromatic carbocycles. The van der Waals surface area contributed by atoms with Gasteiger partial charge in [-0.15, -0.1) is 11.3 Å². The first kappa shape index (κ1) is 32.1. The molecule has 0 fully saturated rings. The average molecular weight is 736 g/mol. The first-order chi connectivity index (χ1) is 27.7. The van der Waals surface area contributed by atoms with Crippen LogP contribution in [0.25, 0.3) is 110 Å². The van der Waals surface area contributed by atoms with E-state index >= 15 is 0 Å². The molecule has 7 heteroatoms. The summed E-state index contributed by atoms with van der Waals surface area (Å²) in [6, 6.07) is 59.9. The number of furan rings is 1. The minimum absolute atomic E-state index is 0.621. The molecular formula is C49H29N5OS. The van der Waals surface area contributed by atoms with Crippen LogP contribution in [0.5, 0.6) is 0 Å². The first-order valence-corrected chi connectivity index (χ1v) is 19.2. The van der Waals surface area contributed by atoms with Crippen LogP contribution in [0.3, 0.4) is 0 Å². The summed E-state index contributed by atoms with van der Waals surface area (Å²) in [5, 5.41) is 3.14. The van der Waals surface area contributed by atoms with Crippen molar-refractivity contribution in [2.24, 2.45) is 0 Å². The number of fused-ring (bicyclic) bond motifs is 6. The van der Waals surface area contributed by atoms with Crippen molar-refractivity contribution in [2.45, 2.75) is 0 Å². The number of nitrogens with zero attached hydrogens (tertiary/aromatic N) is 5. The van der Waals surface area contributed by atoms with Crippen LogP contribution in [0.4, 0.5) is 0 Å². The minimum Gasteiger partial charge on any atom is -0.452 e. The molecule has 0 saturated carbocycles. The topological polar surface area (TPSA) is 77.6 Å². The van der Waals surface area contributed by atoms with Gasteiger partial charge in [-0.2, -0.15) is 0 Å². The fraction of sp³-hybridized carbons (Fsp3) is 0. The van der Waals surface area contributed by atoms with Gasteiger partial charge in [0.25, 0.3) is 0 Å². The van der Waals surface area contributed by atoms with Gasteiger partial charge >= 0.3 is 0 Å². The van der Waals surface area contributed by atoms with Gasteiger partial charge in [-0.05, 0) is 35.4 Å². The van der Waals surface area contributed by atoms with Crippen LogP contribution in [0.1, 0.15) is 0 Å². The normalized spacial score (nSPS) is 11.6. The third kappa shape index (κ3) is 5.44. The monoisotopic (exact) mass is 735 g/mol. The van der Waals surface area contributed by atoms with Crippen LogP contribution in [0.15, 0.2) is 180 Å². The number of hydrogen-bond donors (Lipinski definition) is 0. The molecule has 0 aliphatic rings. The van der Waals surface area contributed by atoms with Crippen molar-refractivity contribution in [1.82, 2.24) is 24.9 Å². The third-order valence-corrected chi connectivity index (χ3v) is 11.4.